The normalized spacial score (nSPS) is 20.0. The van der Waals surface area contributed by atoms with Gasteiger partial charge in [-0.2, -0.15) is 0 Å². The molecule has 1 aromatic heterocycles. The molecule has 0 saturated carbocycles. The maximum Gasteiger partial charge on any atom is 0.276 e. The van der Waals surface area contributed by atoms with E-state index in [4.69, 9.17) is 11.6 Å². The van der Waals surface area contributed by atoms with E-state index < -0.39 is 39.0 Å². The molecule has 0 unspecified atom stereocenters. The molecule has 1 aromatic rings. The summed E-state index contributed by atoms with van der Waals surface area (Å²) in [5, 5.41) is 10.8. The zero-order valence-electron chi connectivity index (χ0n) is 13.5. The minimum Gasteiger partial charge on any atom is -0.398 e. The summed E-state index contributed by atoms with van der Waals surface area (Å²) in [6.45, 7) is 0. The van der Waals surface area contributed by atoms with Crippen LogP contribution in [0.2, 0.25) is 0 Å². The molecular weight excluding hydrogens is 410 g/mol. The first kappa shape index (κ1) is 20.1. The number of amides is 3. The van der Waals surface area contributed by atoms with Gasteiger partial charge in [0.05, 0.1) is 0 Å². The summed E-state index contributed by atoms with van der Waals surface area (Å²) in [5.41, 5.74) is -0.225. The van der Waals surface area contributed by atoms with Crippen molar-refractivity contribution < 1.29 is 27.6 Å². The van der Waals surface area contributed by atoms with Crippen LogP contribution in [-0.4, -0.2) is 67.5 Å². The highest BCUT2D eigenvalue weighted by atomic mass is 35.5. The zero-order chi connectivity index (χ0) is 19.5. The van der Waals surface area contributed by atoms with Crippen LogP contribution in [0.25, 0.3) is 0 Å². The van der Waals surface area contributed by atoms with Gasteiger partial charge in [-0.1, -0.05) is 5.16 Å². The minimum absolute atomic E-state index is 0.0647. The fourth-order valence-corrected chi connectivity index (χ4v) is 3.74. The van der Waals surface area contributed by atoms with E-state index in [1.165, 1.54) is 12.5 Å². The van der Waals surface area contributed by atoms with Crippen molar-refractivity contribution in [2.75, 3.05) is 24.6 Å². The molecule has 0 aliphatic carbocycles. The number of carbonyl (C=O) groups is 3. The molecule has 0 bridgehead atoms. The molecule has 0 aromatic carbocycles. The third kappa shape index (κ3) is 4.47. The molecule has 142 valence electrons. The fourth-order valence-electron chi connectivity index (χ4n) is 1.95. The Kier molecular flexibility index (Phi) is 6.15. The van der Waals surface area contributed by atoms with Crippen LogP contribution in [0.15, 0.2) is 10.5 Å². The molecule has 1 aliphatic rings. The van der Waals surface area contributed by atoms with Gasteiger partial charge in [0, 0.05) is 11.6 Å². The van der Waals surface area contributed by atoms with Crippen LogP contribution in [0.4, 0.5) is 5.13 Å². The van der Waals surface area contributed by atoms with E-state index in [0.29, 0.717) is 0 Å². The molecule has 3 amide bonds. The van der Waals surface area contributed by atoms with Crippen LogP contribution >= 0.6 is 22.9 Å². The van der Waals surface area contributed by atoms with Gasteiger partial charge in [0.1, 0.15) is 24.7 Å². The van der Waals surface area contributed by atoms with Crippen LogP contribution < -0.4 is 16.0 Å². The molecule has 1 aliphatic heterocycles. The van der Waals surface area contributed by atoms with Crippen molar-refractivity contribution in [3.05, 3.63) is 11.1 Å². The standard InChI is InChI=1S/C12H14ClN5O6S2/c1-24-18-7(5-4-25-12(14-5)15-6(19)3-13)9(20)16-8-10(21)17-11(8)26(2,22)23/h4,8,11H,3H2,1-2H3,(H,16,20)(H,17,21)(H,14,15,19)/b18-7-/t8-,11-/m1/s1. The molecule has 1 fully saturated rings. The highest BCUT2D eigenvalue weighted by Crippen LogP contribution is 2.17. The van der Waals surface area contributed by atoms with Crippen molar-refractivity contribution in [1.29, 1.82) is 0 Å². The number of rotatable bonds is 7. The first-order chi connectivity index (χ1) is 12.2. The van der Waals surface area contributed by atoms with E-state index in [0.717, 1.165) is 17.6 Å². The topological polar surface area (TPSA) is 156 Å². The highest BCUT2D eigenvalue weighted by molar-refractivity contribution is 7.91. The summed E-state index contributed by atoms with van der Waals surface area (Å²) in [7, 11) is -2.40. The Morgan fingerprint density at radius 1 is 1.50 bits per heavy atom. The van der Waals surface area contributed by atoms with Gasteiger partial charge in [0.2, 0.25) is 11.8 Å². The van der Waals surface area contributed by atoms with Gasteiger partial charge in [-0.25, -0.2) is 13.4 Å². The second-order valence-corrected chi connectivity index (χ2v) is 8.34. The number of aromatic nitrogens is 1. The number of alkyl halides is 1. The predicted octanol–water partition coefficient (Wildman–Crippen LogP) is -1.34. The number of carbonyl (C=O) groups excluding carboxylic acids is 3. The van der Waals surface area contributed by atoms with Crippen LogP contribution in [-0.2, 0) is 29.1 Å². The van der Waals surface area contributed by atoms with Gasteiger partial charge in [0.15, 0.2) is 26.1 Å². The summed E-state index contributed by atoms with van der Waals surface area (Å²) in [5.74, 6) is -2.25. The van der Waals surface area contributed by atoms with Crippen molar-refractivity contribution in [3.63, 3.8) is 0 Å². The molecule has 0 radical (unpaired) electrons. The molecule has 0 spiro atoms. The molecule has 11 nitrogen and oxygen atoms in total. The molecule has 2 atom stereocenters. The summed E-state index contributed by atoms with van der Waals surface area (Å²) in [4.78, 5) is 43.9. The number of nitrogens with zero attached hydrogens (tertiary/aromatic N) is 2. The number of anilines is 1. The second kappa shape index (κ2) is 7.97. The minimum atomic E-state index is -3.60. The van der Waals surface area contributed by atoms with Gasteiger partial charge in [-0.05, 0) is 0 Å². The van der Waals surface area contributed by atoms with E-state index in [9.17, 15) is 22.8 Å². The third-order valence-electron chi connectivity index (χ3n) is 3.13. The lowest BCUT2D eigenvalue weighted by Gasteiger charge is -2.35. The maximum atomic E-state index is 12.4. The Labute approximate surface area is 157 Å². The van der Waals surface area contributed by atoms with Crippen LogP contribution in [0.1, 0.15) is 5.69 Å². The van der Waals surface area contributed by atoms with E-state index >= 15 is 0 Å². The van der Waals surface area contributed by atoms with Gasteiger partial charge >= 0.3 is 0 Å². The number of hydrogen-bond acceptors (Lipinski definition) is 9. The predicted molar refractivity (Wildman–Crippen MR) is 93.7 cm³/mol. The van der Waals surface area contributed by atoms with E-state index in [-0.39, 0.29) is 22.4 Å². The van der Waals surface area contributed by atoms with E-state index in [2.05, 4.69) is 30.9 Å². The Morgan fingerprint density at radius 2 is 2.19 bits per heavy atom. The summed E-state index contributed by atoms with van der Waals surface area (Å²) in [6.07, 6.45) is 0.937. The van der Waals surface area contributed by atoms with Gasteiger partial charge in [-0.3, -0.25) is 14.4 Å². The maximum absolute atomic E-state index is 12.4. The van der Waals surface area contributed by atoms with Crippen molar-refractivity contribution in [2.24, 2.45) is 5.16 Å². The van der Waals surface area contributed by atoms with Crippen molar-refractivity contribution in [1.82, 2.24) is 15.6 Å². The van der Waals surface area contributed by atoms with E-state index in [1.54, 1.807) is 0 Å². The number of halogens is 1. The molecule has 2 rings (SSSR count). The van der Waals surface area contributed by atoms with Gasteiger partial charge in [0.25, 0.3) is 5.91 Å². The SMILES string of the molecule is CO/N=C(\C(=O)N[C@@H]1C(=O)N[C@@H]1S(C)(=O)=O)c1csc(NC(=O)CCl)n1. The van der Waals surface area contributed by atoms with Crippen LogP contribution in [0.5, 0.6) is 0 Å². The lowest BCUT2D eigenvalue weighted by Crippen LogP contribution is -2.71. The number of nitrogens with one attached hydrogen (secondary N) is 3. The highest BCUT2D eigenvalue weighted by Gasteiger charge is 2.47. The lowest BCUT2D eigenvalue weighted by molar-refractivity contribution is -0.132. The second-order valence-electron chi connectivity index (χ2n) is 5.05. The number of thiazole rings is 1. The molecule has 1 saturated heterocycles. The van der Waals surface area contributed by atoms with Crippen molar-refractivity contribution >= 4 is 61.3 Å². The quantitative estimate of drug-likeness (QED) is 0.212. The van der Waals surface area contributed by atoms with E-state index in [1.807, 2.05) is 0 Å². The van der Waals surface area contributed by atoms with Gasteiger partial charge < -0.3 is 20.8 Å². The number of β-lactam (4-membered cyclic amide) rings is 1. The Hall–Kier alpha value is -2.25. The number of oxime groups is 1. The smallest absolute Gasteiger partial charge is 0.276 e. The molecule has 2 heterocycles. The van der Waals surface area contributed by atoms with Crippen molar-refractivity contribution in [3.8, 4) is 0 Å². The molecule has 14 heteroatoms. The fraction of sp³-hybridized carbons (Fsp3) is 0.417. The first-order valence-electron chi connectivity index (χ1n) is 6.90. The first-order valence-corrected chi connectivity index (χ1v) is 10.3. The summed E-state index contributed by atoms with van der Waals surface area (Å²) in [6, 6.07) is -1.26. The monoisotopic (exact) mass is 423 g/mol. The van der Waals surface area contributed by atoms with Crippen molar-refractivity contribution in [2.45, 2.75) is 11.4 Å². The molecule has 26 heavy (non-hydrogen) atoms. The Morgan fingerprint density at radius 3 is 2.73 bits per heavy atom. The Bertz CT molecular complexity index is 867. The largest absolute Gasteiger partial charge is 0.398 e. The summed E-state index contributed by atoms with van der Waals surface area (Å²) >= 11 is 6.40. The van der Waals surface area contributed by atoms with Crippen LogP contribution in [0, 0.1) is 0 Å². The number of sulfone groups is 1. The zero-order valence-corrected chi connectivity index (χ0v) is 15.9. The summed E-state index contributed by atoms with van der Waals surface area (Å²) < 4.78 is 23.1. The van der Waals surface area contributed by atoms with Crippen LogP contribution in [0.3, 0.4) is 0 Å². The number of hydrogen-bond donors (Lipinski definition) is 3. The van der Waals surface area contributed by atoms with Gasteiger partial charge in [-0.15, -0.1) is 22.9 Å². The third-order valence-corrected chi connectivity index (χ3v) is 5.44. The molecule has 3 N–H and O–H groups in total. The molecular formula is C12H14ClN5O6S2. The average Bonchev–Trinajstić information content (AvgIpc) is 3.01. The Balaban J connectivity index is 2.17. The lowest BCUT2D eigenvalue weighted by atomic mass is 10.1. The average molecular weight is 424 g/mol.